The average molecular weight is 233 g/mol. The van der Waals surface area contributed by atoms with Gasteiger partial charge >= 0.3 is 0 Å². The molecule has 1 aliphatic heterocycles. The molecule has 1 aromatic carbocycles. The molecule has 0 spiro atoms. The SMILES string of the molecule is CC1CN(C(=O)c2ccc(N)cc2)CC(C)N1. The Bertz CT molecular complexity index is 392. The minimum atomic E-state index is 0.0881. The van der Waals surface area contributed by atoms with Gasteiger partial charge in [0.2, 0.25) is 0 Å². The molecule has 2 atom stereocenters. The minimum absolute atomic E-state index is 0.0881. The van der Waals surface area contributed by atoms with Crippen LogP contribution in [0.3, 0.4) is 0 Å². The van der Waals surface area contributed by atoms with E-state index in [1.165, 1.54) is 0 Å². The number of nitrogens with one attached hydrogen (secondary N) is 1. The zero-order chi connectivity index (χ0) is 12.4. The molecule has 17 heavy (non-hydrogen) atoms. The summed E-state index contributed by atoms with van der Waals surface area (Å²) in [4.78, 5) is 14.2. The monoisotopic (exact) mass is 233 g/mol. The van der Waals surface area contributed by atoms with Gasteiger partial charge < -0.3 is 16.0 Å². The van der Waals surface area contributed by atoms with Crippen LogP contribution in [0.5, 0.6) is 0 Å². The highest BCUT2D eigenvalue weighted by Crippen LogP contribution is 2.12. The first-order valence-corrected chi connectivity index (χ1v) is 5.97. The van der Waals surface area contributed by atoms with Crippen LogP contribution in [0.4, 0.5) is 5.69 Å². The summed E-state index contributed by atoms with van der Waals surface area (Å²) in [6.45, 7) is 5.71. The van der Waals surface area contributed by atoms with Gasteiger partial charge in [-0.05, 0) is 38.1 Å². The first-order chi connectivity index (χ1) is 8.06. The highest BCUT2D eigenvalue weighted by atomic mass is 16.2. The fourth-order valence-corrected chi connectivity index (χ4v) is 2.30. The van der Waals surface area contributed by atoms with Gasteiger partial charge in [0.25, 0.3) is 5.91 Å². The Labute approximate surface area is 102 Å². The summed E-state index contributed by atoms with van der Waals surface area (Å²) < 4.78 is 0. The van der Waals surface area contributed by atoms with Crippen LogP contribution >= 0.6 is 0 Å². The third kappa shape index (κ3) is 2.77. The first-order valence-electron chi connectivity index (χ1n) is 5.97. The number of nitrogen functional groups attached to an aromatic ring is 1. The molecule has 1 saturated heterocycles. The number of carbonyl (C=O) groups is 1. The summed E-state index contributed by atoms with van der Waals surface area (Å²) in [6, 6.07) is 7.79. The number of piperazine rings is 1. The molecule has 1 heterocycles. The molecule has 0 bridgehead atoms. The molecule has 2 unspecified atom stereocenters. The number of hydrogen-bond acceptors (Lipinski definition) is 3. The van der Waals surface area contributed by atoms with E-state index >= 15 is 0 Å². The maximum atomic E-state index is 12.3. The number of anilines is 1. The van der Waals surface area contributed by atoms with Crippen LogP contribution < -0.4 is 11.1 Å². The topological polar surface area (TPSA) is 58.4 Å². The quantitative estimate of drug-likeness (QED) is 0.714. The molecule has 4 nitrogen and oxygen atoms in total. The predicted molar refractivity (Wildman–Crippen MR) is 68.8 cm³/mol. The summed E-state index contributed by atoms with van der Waals surface area (Å²) in [5.41, 5.74) is 7.01. The van der Waals surface area contributed by atoms with Gasteiger partial charge in [-0.1, -0.05) is 0 Å². The van der Waals surface area contributed by atoms with Gasteiger partial charge in [-0.2, -0.15) is 0 Å². The number of benzene rings is 1. The van der Waals surface area contributed by atoms with Crippen molar-refractivity contribution in [1.82, 2.24) is 10.2 Å². The lowest BCUT2D eigenvalue weighted by Gasteiger charge is -2.36. The lowest BCUT2D eigenvalue weighted by molar-refractivity contribution is 0.0674. The van der Waals surface area contributed by atoms with E-state index in [9.17, 15) is 4.79 Å². The van der Waals surface area contributed by atoms with Crippen molar-refractivity contribution in [2.24, 2.45) is 0 Å². The van der Waals surface area contributed by atoms with Crippen molar-refractivity contribution in [3.05, 3.63) is 29.8 Å². The van der Waals surface area contributed by atoms with E-state index < -0.39 is 0 Å². The molecule has 4 heteroatoms. The molecule has 3 N–H and O–H groups in total. The van der Waals surface area contributed by atoms with E-state index in [0.717, 1.165) is 13.1 Å². The van der Waals surface area contributed by atoms with Crippen molar-refractivity contribution >= 4 is 11.6 Å². The number of carbonyl (C=O) groups excluding carboxylic acids is 1. The number of nitrogens with two attached hydrogens (primary N) is 1. The molecule has 1 aliphatic rings. The average Bonchev–Trinajstić information content (AvgIpc) is 2.28. The molecule has 92 valence electrons. The predicted octanol–water partition coefficient (Wildman–Crippen LogP) is 1.09. The van der Waals surface area contributed by atoms with Gasteiger partial charge in [-0.25, -0.2) is 0 Å². The third-order valence-electron chi connectivity index (χ3n) is 3.00. The van der Waals surface area contributed by atoms with E-state index in [1.54, 1.807) is 24.3 Å². The van der Waals surface area contributed by atoms with Crippen molar-refractivity contribution in [3.8, 4) is 0 Å². The fraction of sp³-hybridized carbons (Fsp3) is 0.462. The Morgan fingerprint density at radius 2 is 1.76 bits per heavy atom. The second-order valence-electron chi connectivity index (χ2n) is 4.80. The van der Waals surface area contributed by atoms with Crippen molar-refractivity contribution < 1.29 is 4.79 Å². The van der Waals surface area contributed by atoms with Crippen molar-refractivity contribution in [2.45, 2.75) is 25.9 Å². The maximum absolute atomic E-state index is 12.3. The second kappa shape index (κ2) is 4.75. The van der Waals surface area contributed by atoms with Crippen molar-refractivity contribution in [1.29, 1.82) is 0 Å². The summed E-state index contributed by atoms with van der Waals surface area (Å²) in [5.74, 6) is 0.0881. The second-order valence-corrected chi connectivity index (χ2v) is 4.80. The van der Waals surface area contributed by atoms with Gasteiger partial charge in [0.1, 0.15) is 0 Å². The van der Waals surface area contributed by atoms with E-state index in [4.69, 9.17) is 5.73 Å². The van der Waals surface area contributed by atoms with E-state index in [2.05, 4.69) is 19.2 Å². The summed E-state index contributed by atoms with van der Waals surface area (Å²) in [7, 11) is 0. The van der Waals surface area contributed by atoms with Crippen LogP contribution in [-0.4, -0.2) is 36.0 Å². The maximum Gasteiger partial charge on any atom is 0.253 e. The summed E-state index contributed by atoms with van der Waals surface area (Å²) in [5, 5.41) is 3.41. The minimum Gasteiger partial charge on any atom is -0.399 e. The molecule has 0 radical (unpaired) electrons. The van der Waals surface area contributed by atoms with Crippen LogP contribution in [0, 0.1) is 0 Å². The standard InChI is InChI=1S/C13H19N3O/c1-9-7-16(8-10(2)15-9)13(17)11-3-5-12(14)6-4-11/h3-6,9-10,15H,7-8,14H2,1-2H3. The largest absolute Gasteiger partial charge is 0.399 e. The molecule has 0 saturated carbocycles. The molecule has 1 amide bonds. The zero-order valence-corrected chi connectivity index (χ0v) is 10.3. The highest BCUT2D eigenvalue weighted by Gasteiger charge is 2.25. The van der Waals surface area contributed by atoms with Gasteiger partial charge in [0, 0.05) is 36.4 Å². The summed E-state index contributed by atoms with van der Waals surface area (Å²) in [6.07, 6.45) is 0. The van der Waals surface area contributed by atoms with Crippen molar-refractivity contribution in [2.75, 3.05) is 18.8 Å². The normalized spacial score (nSPS) is 24.7. The molecular formula is C13H19N3O. The smallest absolute Gasteiger partial charge is 0.253 e. The summed E-state index contributed by atoms with van der Waals surface area (Å²) >= 11 is 0. The number of hydrogen-bond donors (Lipinski definition) is 2. The molecule has 2 rings (SSSR count). The van der Waals surface area contributed by atoms with Crippen molar-refractivity contribution in [3.63, 3.8) is 0 Å². The van der Waals surface area contributed by atoms with Gasteiger partial charge in [-0.15, -0.1) is 0 Å². The Morgan fingerprint density at radius 3 is 2.29 bits per heavy atom. The fourth-order valence-electron chi connectivity index (χ4n) is 2.30. The van der Waals surface area contributed by atoms with E-state index in [0.29, 0.717) is 23.3 Å². The molecule has 1 aromatic rings. The lowest BCUT2D eigenvalue weighted by Crippen LogP contribution is -2.55. The zero-order valence-electron chi connectivity index (χ0n) is 10.3. The third-order valence-corrected chi connectivity index (χ3v) is 3.00. The Kier molecular flexibility index (Phi) is 3.33. The van der Waals surface area contributed by atoms with Gasteiger partial charge in [-0.3, -0.25) is 4.79 Å². The first kappa shape index (κ1) is 11.9. The number of amides is 1. The van der Waals surface area contributed by atoms with Crippen LogP contribution in [0.1, 0.15) is 24.2 Å². The molecule has 0 aromatic heterocycles. The Morgan fingerprint density at radius 1 is 1.24 bits per heavy atom. The van der Waals surface area contributed by atoms with Gasteiger partial charge in [0.05, 0.1) is 0 Å². The molecule has 1 fully saturated rings. The number of nitrogens with zero attached hydrogens (tertiary/aromatic N) is 1. The van der Waals surface area contributed by atoms with E-state index in [1.807, 2.05) is 4.90 Å². The lowest BCUT2D eigenvalue weighted by atomic mass is 10.1. The van der Waals surface area contributed by atoms with Crippen LogP contribution in [0.2, 0.25) is 0 Å². The van der Waals surface area contributed by atoms with Crippen LogP contribution in [0.25, 0.3) is 0 Å². The van der Waals surface area contributed by atoms with Crippen LogP contribution in [-0.2, 0) is 0 Å². The van der Waals surface area contributed by atoms with Gasteiger partial charge in [0.15, 0.2) is 0 Å². The highest BCUT2D eigenvalue weighted by molar-refractivity contribution is 5.94. The van der Waals surface area contributed by atoms with Crippen LogP contribution in [0.15, 0.2) is 24.3 Å². The molecule has 0 aliphatic carbocycles. The molecular weight excluding hydrogens is 214 g/mol. The number of rotatable bonds is 1. The Balaban J connectivity index is 2.11. The van der Waals surface area contributed by atoms with E-state index in [-0.39, 0.29) is 5.91 Å². The Hall–Kier alpha value is -1.55.